The minimum atomic E-state index is -3.16. The summed E-state index contributed by atoms with van der Waals surface area (Å²) in [6.45, 7) is 1.28. The van der Waals surface area contributed by atoms with Gasteiger partial charge in [0.2, 0.25) is 0 Å². The summed E-state index contributed by atoms with van der Waals surface area (Å²) in [5.74, 6) is 0.767. The molecular formula is C18H23BrIN3O2S. The number of halogens is 2. The quantitative estimate of drug-likeness (QED) is 0.350. The Kier molecular flexibility index (Phi) is 9.05. The Morgan fingerprint density at radius 3 is 2.31 bits per heavy atom. The maximum atomic E-state index is 11.5. The van der Waals surface area contributed by atoms with E-state index < -0.39 is 9.84 Å². The average molecular weight is 552 g/mol. The van der Waals surface area contributed by atoms with Crippen LogP contribution in [0.3, 0.4) is 0 Å². The summed E-state index contributed by atoms with van der Waals surface area (Å²) in [6.07, 6.45) is 1.21. The Balaban J connectivity index is 0.00000338. The molecule has 0 saturated carbocycles. The summed E-state index contributed by atoms with van der Waals surface area (Å²) in [5.41, 5.74) is 2.16. The molecule has 0 radical (unpaired) electrons. The van der Waals surface area contributed by atoms with Crippen LogP contribution in [0.5, 0.6) is 0 Å². The van der Waals surface area contributed by atoms with E-state index in [-0.39, 0.29) is 24.0 Å². The van der Waals surface area contributed by atoms with Crippen molar-refractivity contribution in [2.45, 2.75) is 18.0 Å². The van der Waals surface area contributed by atoms with Crippen LogP contribution in [0.2, 0.25) is 0 Å². The lowest BCUT2D eigenvalue weighted by molar-refractivity contribution is 0.475. The van der Waals surface area contributed by atoms with Crippen LogP contribution in [0.1, 0.15) is 11.1 Å². The van der Waals surface area contributed by atoms with E-state index >= 15 is 0 Å². The molecule has 0 saturated heterocycles. The van der Waals surface area contributed by atoms with Crippen LogP contribution >= 0.6 is 39.9 Å². The van der Waals surface area contributed by atoms with E-state index in [1.165, 1.54) is 11.8 Å². The fraction of sp³-hybridized carbons (Fsp3) is 0.278. The van der Waals surface area contributed by atoms with Gasteiger partial charge in [-0.05, 0) is 29.3 Å². The summed E-state index contributed by atoms with van der Waals surface area (Å²) in [4.78, 5) is 6.66. The first kappa shape index (κ1) is 22.9. The van der Waals surface area contributed by atoms with Crippen LogP contribution in [0.4, 0.5) is 0 Å². The molecular weight excluding hydrogens is 529 g/mol. The van der Waals surface area contributed by atoms with Crippen molar-refractivity contribution in [1.29, 1.82) is 0 Å². The normalized spacial score (nSPS) is 11.6. The molecule has 1 N–H and O–H groups in total. The molecule has 142 valence electrons. The fourth-order valence-electron chi connectivity index (χ4n) is 2.38. The van der Waals surface area contributed by atoms with Crippen LogP contribution in [0.25, 0.3) is 0 Å². The summed E-state index contributed by atoms with van der Waals surface area (Å²) >= 11 is 3.56. The number of guanidine groups is 1. The van der Waals surface area contributed by atoms with Crippen molar-refractivity contribution >= 4 is 55.7 Å². The third-order valence-electron chi connectivity index (χ3n) is 3.74. The molecule has 0 amide bonds. The molecule has 0 aliphatic rings. The first-order valence-corrected chi connectivity index (χ1v) is 10.4. The van der Waals surface area contributed by atoms with Gasteiger partial charge in [-0.25, -0.2) is 8.42 Å². The highest BCUT2D eigenvalue weighted by atomic mass is 127. The molecule has 2 aromatic rings. The summed E-state index contributed by atoms with van der Waals surface area (Å²) in [7, 11) is 0.551. The van der Waals surface area contributed by atoms with Crippen LogP contribution in [0, 0.1) is 0 Å². The van der Waals surface area contributed by atoms with Crippen LogP contribution in [-0.4, -0.2) is 39.6 Å². The predicted molar refractivity (Wildman–Crippen MR) is 121 cm³/mol. The van der Waals surface area contributed by atoms with Crippen molar-refractivity contribution in [1.82, 2.24) is 10.2 Å². The van der Waals surface area contributed by atoms with Gasteiger partial charge in [0.15, 0.2) is 15.8 Å². The van der Waals surface area contributed by atoms with Gasteiger partial charge in [-0.15, -0.1) is 24.0 Å². The number of aliphatic imine (C=N–C) groups is 1. The minimum Gasteiger partial charge on any atom is -0.352 e. The van der Waals surface area contributed by atoms with Gasteiger partial charge in [-0.2, -0.15) is 0 Å². The highest BCUT2D eigenvalue weighted by Crippen LogP contribution is 2.17. The zero-order valence-corrected chi connectivity index (χ0v) is 19.7. The van der Waals surface area contributed by atoms with Gasteiger partial charge in [-0.1, -0.05) is 46.3 Å². The van der Waals surface area contributed by atoms with Crippen molar-refractivity contribution < 1.29 is 8.42 Å². The van der Waals surface area contributed by atoms with Crippen LogP contribution in [-0.2, 0) is 22.9 Å². The van der Waals surface area contributed by atoms with Gasteiger partial charge in [0.05, 0.1) is 4.90 Å². The molecule has 8 heteroatoms. The SMILES string of the molecule is CN=C(NCc1ccc(S(C)(=O)=O)cc1)N(C)Cc1ccccc1Br.I. The van der Waals surface area contributed by atoms with Crippen molar-refractivity contribution in [3.05, 3.63) is 64.1 Å². The topological polar surface area (TPSA) is 61.8 Å². The first-order chi connectivity index (χ1) is 11.8. The van der Waals surface area contributed by atoms with Gasteiger partial charge < -0.3 is 10.2 Å². The minimum absolute atomic E-state index is 0. The summed E-state index contributed by atoms with van der Waals surface area (Å²) < 4.78 is 24.1. The molecule has 0 aromatic heterocycles. The second-order valence-electron chi connectivity index (χ2n) is 5.76. The van der Waals surface area contributed by atoms with Crippen molar-refractivity contribution in [3.8, 4) is 0 Å². The molecule has 5 nitrogen and oxygen atoms in total. The smallest absolute Gasteiger partial charge is 0.193 e. The number of rotatable bonds is 5. The van der Waals surface area contributed by atoms with Gasteiger partial charge in [0.1, 0.15) is 0 Å². The highest BCUT2D eigenvalue weighted by molar-refractivity contribution is 14.0. The lowest BCUT2D eigenvalue weighted by atomic mass is 10.2. The Bertz CT molecular complexity index is 855. The molecule has 0 fully saturated rings. The number of hydrogen-bond acceptors (Lipinski definition) is 3. The van der Waals surface area contributed by atoms with E-state index in [1.54, 1.807) is 19.2 Å². The lowest BCUT2D eigenvalue weighted by Crippen LogP contribution is -2.38. The largest absolute Gasteiger partial charge is 0.352 e. The molecule has 0 aliphatic carbocycles. The van der Waals surface area contributed by atoms with Crippen LogP contribution in [0.15, 0.2) is 62.9 Å². The van der Waals surface area contributed by atoms with Gasteiger partial charge in [-0.3, -0.25) is 4.99 Å². The molecule has 0 unspecified atom stereocenters. The van der Waals surface area contributed by atoms with E-state index in [2.05, 4.69) is 32.3 Å². The second kappa shape index (κ2) is 10.3. The van der Waals surface area contributed by atoms with Crippen molar-refractivity contribution in [2.24, 2.45) is 4.99 Å². The van der Waals surface area contributed by atoms with E-state index in [0.29, 0.717) is 18.0 Å². The van der Waals surface area contributed by atoms with E-state index in [1.807, 2.05) is 42.3 Å². The molecule has 0 spiro atoms. The van der Waals surface area contributed by atoms with Gasteiger partial charge in [0.25, 0.3) is 0 Å². The maximum absolute atomic E-state index is 11.5. The Hall–Kier alpha value is -1.13. The molecule has 0 heterocycles. The maximum Gasteiger partial charge on any atom is 0.193 e. The van der Waals surface area contributed by atoms with Gasteiger partial charge >= 0.3 is 0 Å². The van der Waals surface area contributed by atoms with Gasteiger partial charge in [0, 0.05) is 37.9 Å². The number of nitrogens with zero attached hydrogens (tertiary/aromatic N) is 2. The Morgan fingerprint density at radius 2 is 1.77 bits per heavy atom. The summed E-state index contributed by atoms with van der Waals surface area (Å²) in [6, 6.07) is 14.9. The second-order valence-corrected chi connectivity index (χ2v) is 8.63. The van der Waals surface area contributed by atoms with E-state index in [9.17, 15) is 8.42 Å². The third-order valence-corrected chi connectivity index (χ3v) is 5.64. The number of nitrogens with one attached hydrogen (secondary N) is 1. The number of benzene rings is 2. The zero-order chi connectivity index (χ0) is 18.4. The standard InChI is InChI=1S/C18H22BrN3O2S.HI/c1-20-18(22(2)13-15-6-4-5-7-17(15)19)21-12-14-8-10-16(11-9-14)25(3,23)24;/h4-11H,12-13H2,1-3H3,(H,20,21);1H. The van der Waals surface area contributed by atoms with E-state index in [4.69, 9.17) is 0 Å². The molecule has 26 heavy (non-hydrogen) atoms. The predicted octanol–water partition coefficient (Wildman–Crippen LogP) is 3.68. The average Bonchev–Trinajstić information content (AvgIpc) is 2.57. The highest BCUT2D eigenvalue weighted by Gasteiger charge is 2.09. The first-order valence-electron chi connectivity index (χ1n) is 7.75. The molecule has 2 rings (SSSR count). The molecule has 0 aliphatic heterocycles. The molecule has 2 aromatic carbocycles. The number of sulfone groups is 1. The summed E-state index contributed by atoms with van der Waals surface area (Å²) in [5, 5.41) is 3.29. The third kappa shape index (κ3) is 6.55. The lowest BCUT2D eigenvalue weighted by Gasteiger charge is -2.22. The zero-order valence-electron chi connectivity index (χ0n) is 14.9. The van der Waals surface area contributed by atoms with Crippen molar-refractivity contribution in [3.63, 3.8) is 0 Å². The molecule has 0 atom stereocenters. The van der Waals surface area contributed by atoms with Crippen molar-refractivity contribution in [2.75, 3.05) is 20.4 Å². The van der Waals surface area contributed by atoms with Crippen LogP contribution < -0.4 is 5.32 Å². The van der Waals surface area contributed by atoms with E-state index in [0.717, 1.165) is 16.0 Å². The monoisotopic (exact) mass is 551 g/mol. The molecule has 0 bridgehead atoms. The Morgan fingerprint density at radius 1 is 1.15 bits per heavy atom. The fourth-order valence-corrected chi connectivity index (χ4v) is 3.42. The number of hydrogen-bond donors (Lipinski definition) is 1. The Labute approximate surface area is 181 Å².